The minimum absolute atomic E-state index is 0.0562. The van der Waals surface area contributed by atoms with E-state index in [-0.39, 0.29) is 22.9 Å². The summed E-state index contributed by atoms with van der Waals surface area (Å²) in [5, 5.41) is 6.83. The van der Waals surface area contributed by atoms with Gasteiger partial charge in [-0.15, -0.1) is 11.3 Å². The number of amides is 1. The number of methoxy groups -OCH3 is 1. The Balaban J connectivity index is 1.21. The van der Waals surface area contributed by atoms with Gasteiger partial charge in [-0.1, -0.05) is 47.6 Å². The van der Waals surface area contributed by atoms with Crippen LogP contribution in [-0.2, 0) is 11.2 Å². The number of carbonyl (C=O) groups excluding carboxylic acids is 1. The number of hydrogen-bond donors (Lipinski definition) is 2. The fourth-order valence-electron chi connectivity index (χ4n) is 6.93. The number of aromatic nitrogens is 3. The summed E-state index contributed by atoms with van der Waals surface area (Å²) in [6.45, 7) is 16.6. The summed E-state index contributed by atoms with van der Waals surface area (Å²) >= 11 is 1.25. The lowest BCUT2D eigenvalue weighted by molar-refractivity contribution is -0.115. The van der Waals surface area contributed by atoms with E-state index in [1.165, 1.54) is 42.6 Å². The number of thiazole rings is 1. The number of likely N-dealkylation sites (tertiary alicyclic amines) is 1. The Hall–Kier alpha value is -3.90. The predicted molar refractivity (Wildman–Crippen MR) is 187 cm³/mol. The molecule has 5 rings (SSSR count). The number of halogens is 2. The van der Waals surface area contributed by atoms with Crippen molar-refractivity contribution >= 4 is 44.8 Å². The van der Waals surface area contributed by atoms with Crippen LogP contribution in [0, 0.1) is 28.4 Å². The van der Waals surface area contributed by atoms with Gasteiger partial charge in [-0.25, -0.2) is 23.7 Å². The lowest BCUT2D eigenvalue weighted by Crippen LogP contribution is -2.46. The number of rotatable bonds is 12. The molecule has 12 heteroatoms. The van der Waals surface area contributed by atoms with Gasteiger partial charge in [0.1, 0.15) is 12.1 Å². The first-order valence-electron chi connectivity index (χ1n) is 16.3. The van der Waals surface area contributed by atoms with Crippen LogP contribution in [-0.4, -0.2) is 58.6 Å². The number of nitrogens with zero attached hydrogens (tertiary/aromatic N) is 4. The van der Waals surface area contributed by atoms with E-state index in [2.05, 4.69) is 72.0 Å². The van der Waals surface area contributed by atoms with Crippen molar-refractivity contribution in [2.45, 2.75) is 73.3 Å². The molecule has 1 fully saturated rings. The molecule has 0 aliphatic carbocycles. The highest BCUT2D eigenvalue weighted by atomic mass is 32.1. The number of anilines is 3. The van der Waals surface area contributed by atoms with Gasteiger partial charge < -0.3 is 20.1 Å². The van der Waals surface area contributed by atoms with Crippen LogP contribution in [0.5, 0.6) is 11.5 Å². The molecule has 1 amide bonds. The Bertz CT molecular complexity index is 1720. The van der Waals surface area contributed by atoms with Crippen molar-refractivity contribution in [3.63, 3.8) is 0 Å². The second-order valence-corrected chi connectivity index (χ2v) is 15.3. The average Bonchev–Trinajstić information content (AvgIpc) is 3.65. The SMILES string of the molecule is COc1cc2c(Nc3ncc(CC(=O)Nc4cccc(F)c4F)s3)ncnc2cc1OCCCN1CCC[C@@H]1[C](C(C)(C)C)C(C)(C)C. The molecule has 1 saturated heterocycles. The number of fused-ring (bicyclic) bond motifs is 1. The van der Waals surface area contributed by atoms with Crippen molar-refractivity contribution in [2.75, 3.05) is 37.4 Å². The summed E-state index contributed by atoms with van der Waals surface area (Å²) in [5.41, 5.74) is 0.742. The van der Waals surface area contributed by atoms with E-state index in [1.807, 2.05) is 12.1 Å². The second kappa shape index (κ2) is 14.7. The number of nitrogens with one attached hydrogen (secondary N) is 2. The van der Waals surface area contributed by atoms with Crippen molar-refractivity contribution in [3.8, 4) is 11.5 Å². The molecule has 257 valence electrons. The summed E-state index contributed by atoms with van der Waals surface area (Å²) in [6.07, 6.45) is 6.26. The standard InChI is InChI=1S/C36H45F2N6O3S/c1-35(2,3)32(36(4,5)6)27-13-9-14-44(27)15-10-16-47-29-19-26-23(18-28(29)46-7)33(41-21-40-26)43-34-39-20-22(48-34)17-30(45)42-25-12-8-11-24(37)31(25)38/h8,11-12,18-21,27H,9-10,13-17H2,1-7H3,(H,42,45)(H,39,40,41,43)/t27-/m1/s1. The number of ether oxygens (including phenoxy) is 2. The predicted octanol–water partition coefficient (Wildman–Crippen LogP) is 8.20. The topological polar surface area (TPSA) is 102 Å². The highest BCUT2D eigenvalue weighted by Crippen LogP contribution is 2.48. The quantitative estimate of drug-likeness (QED) is 0.145. The van der Waals surface area contributed by atoms with Crippen molar-refractivity contribution in [1.29, 1.82) is 0 Å². The molecule has 2 N–H and O–H groups in total. The van der Waals surface area contributed by atoms with E-state index in [4.69, 9.17) is 9.47 Å². The third-order valence-electron chi connectivity index (χ3n) is 8.42. The molecule has 1 aliphatic heterocycles. The molecule has 0 bridgehead atoms. The van der Waals surface area contributed by atoms with Gasteiger partial charge in [-0.3, -0.25) is 9.69 Å². The maximum Gasteiger partial charge on any atom is 0.229 e. The van der Waals surface area contributed by atoms with E-state index >= 15 is 0 Å². The number of hydrogen-bond acceptors (Lipinski definition) is 9. The van der Waals surface area contributed by atoms with Crippen LogP contribution >= 0.6 is 11.3 Å². The largest absolute Gasteiger partial charge is 0.493 e. The molecule has 48 heavy (non-hydrogen) atoms. The zero-order chi connectivity index (χ0) is 34.6. The van der Waals surface area contributed by atoms with E-state index in [0.29, 0.717) is 50.9 Å². The molecule has 4 aromatic rings. The molecule has 1 radical (unpaired) electrons. The van der Waals surface area contributed by atoms with Crippen molar-refractivity contribution in [2.24, 2.45) is 10.8 Å². The highest BCUT2D eigenvalue weighted by molar-refractivity contribution is 7.15. The van der Waals surface area contributed by atoms with Crippen molar-refractivity contribution < 1.29 is 23.0 Å². The molecule has 9 nitrogen and oxygen atoms in total. The van der Waals surface area contributed by atoms with Crippen LogP contribution in [0.2, 0.25) is 0 Å². The van der Waals surface area contributed by atoms with Crippen molar-refractivity contribution in [1.82, 2.24) is 19.9 Å². The smallest absolute Gasteiger partial charge is 0.229 e. The minimum Gasteiger partial charge on any atom is -0.493 e. The number of carbonyl (C=O) groups is 1. The first kappa shape index (κ1) is 35.4. The Morgan fingerprint density at radius 2 is 1.83 bits per heavy atom. The van der Waals surface area contributed by atoms with E-state index < -0.39 is 17.5 Å². The molecule has 3 heterocycles. The average molecular weight is 680 g/mol. The normalized spacial score (nSPS) is 15.7. The Kier molecular flexibility index (Phi) is 10.8. The molecule has 1 atom stereocenters. The molecule has 2 aromatic carbocycles. The zero-order valence-corrected chi connectivity index (χ0v) is 29.6. The highest BCUT2D eigenvalue weighted by Gasteiger charge is 2.44. The monoisotopic (exact) mass is 679 g/mol. The van der Waals surface area contributed by atoms with Gasteiger partial charge >= 0.3 is 0 Å². The van der Waals surface area contributed by atoms with Crippen LogP contribution < -0.4 is 20.1 Å². The summed E-state index contributed by atoms with van der Waals surface area (Å²) in [6, 6.07) is 7.81. The lowest BCUT2D eigenvalue weighted by Gasteiger charge is -2.46. The van der Waals surface area contributed by atoms with Gasteiger partial charge in [0, 0.05) is 41.0 Å². The summed E-state index contributed by atoms with van der Waals surface area (Å²) in [5.74, 6) is 0.695. The van der Waals surface area contributed by atoms with Gasteiger partial charge in [-0.05, 0) is 54.8 Å². The Morgan fingerprint density at radius 1 is 1.06 bits per heavy atom. The molecule has 1 aliphatic rings. The maximum absolute atomic E-state index is 14.0. The molecular formula is C36H45F2N6O3S. The maximum atomic E-state index is 14.0. The fraction of sp³-hybridized carbons (Fsp3) is 0.472. The van der Waals surface area contributed by atoms with E-state index in [9.17, 15) is 13.6 Å². The fourth-order valence-corrected chi connectivity index (χ4v) is 7.74. The van der Waals surface area contributed by atoms with Crippen LogP contribution in [0.4, 0.5) is 25.4 Å². The zero-order valence-electron chi connectivity index (χ0n) is 28.7. The van der Waals surface area contributed by atoms with Gasteiger partial charge in [0.25, 0.3) is 0 Å². The van der Waals surface area contributed by atoms with Crippen LogP contribution in [0.15, 0.2) is 42.9 Å². The molecule has 0 spiro atoms. The van der Waals surface area contributed by atoms with Gasteiger partial charge in [0.05, 0.1) is 31.3 Å². The molecule has 0 unspecified atom stereocenters. The number of benzene rings is 2. The molecule has 0 saturated carbocycles. The Morgan fingerprint density at radius 3 is 2.56 bits per heavy atom. The van der Waals surface area contributed by atoms with E-state index in [1.54, 1.807) is 19.2 Å². The van der Waals surface area contributed by atoms with Gasteiger partial charge in [0.2, 0.25) is 5.91 Å². The first-order valence-corrected chi connectivity index (χ1v) is 17.1. The van der Waals surface area contributed by atoms with Crippen molar-refractivity contribution in [3.05, 3.63) is 65.3 Å². The van der Waals surface area contributed by atoms with E-state index in [0.717, 1.165) is 25.6 Å². The van der Waals surface area contributed by atoms with Gasteiger partial charge in [0.15, 0.2) is 28.3 Å². The first-order chi connectivity index (χ1) is 22.7. The van der Waals surface area contributed by atoms with Crippen LogP contribution in [0.25, 0.3) is 10.9 Å². The Labute approximate surface area is 285 Å². The van der Waals surface area contributed by atoms with Gasteiger partial charge in [-0.2, -0.15) is 0 Å². The lowest BCUT2D eigenvalue weighted by atomic mass is 9.63. The third-order valence-corrected chi connectivity index (χ3v) is 9.33. The minimum atomic E-state index is -1.10. The summed E-state index contributed by atoms with van der Waals surface area (Å²) in [7, 11) is 1.60. The van der Waals surface area contributed by atoms with Crippen LogP contribution in [0.3, 0.4) is 0 Å². The van der Waals surface area contributed by atoms with Crippen LogP contribution in [0.1, 0.15) is 65.7 Å². The molecular weight excluding hydrogens is 634 g/mol. The summed E-state index contributed by atoms with van der Waals surface area (Å²) in [4.78, 5) is 29.0. The second-order valence-electron chi connectivity index (χ2n) is 14.1. The third kappa shape index (κ3) is 8.38. The molecule has 2 aromatic heterocycles. The summed E-state index contributed by atoms with van der Waals surface area (Å²) < 4.78 is 39.4.